The molecule has 4 heavy (non-hydrogen) atoms. The first-order valence-corrected chi connectivity index (χ1v) is 0. The van der Waals surface area contributed by atoms with Crippen LogP contribution in [0.25, 0.3) is 0 Å². The van der Waals surface area contributed by atoms with Crippen molar-refractivity contribution in [3.8, 4) is 0 Å². The molecule has 0 N–H and O–H groups in total. The van der Waals surface area contributed by atoms with Crippen LogP contribution in [-0.2, 0) is 60.3 Å². The zero-order chi connectivity index (χ0) is 0. The maximum atomic E-state index is 0. The third-order valence-electron chi connectivity index (χ3n) is 0. The van der Waals surface area contributed by atoms with Gasteiger partial charge in [0.15, 0.2) is 0 Å². The zero-order valence-corrected chi connectivity index (χ0v) is 6.97. The van der Waals surface area contributed by atoms with Crippen LogP contribution in [0.1, 0.15) is 0 Å². The van der Waals surface area contributed by atoms with Gasteiger partial charge in [-0.2, -0.15) is 0 Å². The molecule has 0 saturated carbocycles. The molecule has 0 aromatic heterocycles. The summed E-state index contributed by atoms with van der Waals surface area (Å²) in [7, 11) is 0. The SMILES string of the molecule is [Fe].[Li].[Mn].[Zr]. The van der Waals surface area contributed by atoms with Gasteiger partial charge >= 0.3 is 0 Å². The van der Waals surface area contributed by atoms with E-state index in [1.165, 1.54) is 0 Å². The van der Waals surface area contributed by atoms with Gasteiger partial charge in [0.2, 0.25) is 0 Å². The first-order chi connectivity index (χ1) is 0. The van der Waals surface area contributed by atoms with E-state index < -0.39 is 0 Å². The minimum atomic E-state index is 0. The Morgan fingerprint density at radius 2 is 1.00 bits per heavy atom. The molecule has 0 saturated heterocycles. The van der Waals surface area contributed by atoms with Gasteiger partial charge in [-0.3, -0.25) is 0 Å². The first kappa shape index (κ1) is 31.3. The standard InChI is InChI=1S/Fe.Li.Mn.Zr. The Hall–Kier alpha value is 2.52. The van der Waals surface area contributed by atoms with Crippen molar-refractivity contribution < 1.29 is 60.3 Å². The predicted octanol–water partition coefficient (Wildman–Crippen LogP) is -0.388. The fourth-order valence-corrected chi connectivity index (χ4v) is 0. The summed E-state index contributed by atoms with van der Waals surface area (Å²) in [6, 6.07) is 0. The summed E-state index contributed by atoms with van der Waals surface area (Å²) < 4.78 is 0. The molecule has 20 valence electrons. The van der Waals surface area contributed by atoms with Crippen molar-refractivity contribution in [3.05, 3.63) is 0 Å². The van der Waals surface area contributed by atoms with Crippen molar-refractivity contribution in [2.75, 3.05) is 0 Å². The molecule has 0 aliphatic heterocycles. The molecule has 0 nitrogen and oxygen atoms in total. The van der Waals surface area contributed by atoms with Crippen LogP contribution >= 0.6 is 0 Å². The maximum Gasteiger partial charge on any atom is 0 e. The van der Waals surface area contributed by atoms with Crippen LogP contribution in [0.15, 0.2) is 0 Å². The average molecular weight is 209 g/mol. The topological polar surface area (TPSA) is 0 Å². The quantitative estimate of drug-likeness (QED) is 0.476. The molecule has 0 amide bonds. The fourth-order valence-electron chi connectivity index (χ4n) is 0. The summed E-state index contributed by atoms with van der Waals surface area (Å²) in [6.45, 7) is 0. The second-order valence-electron chi connectivity index (χ2n) is 0. The van der Waals surface area contributed by atoms with Crippen molar-refractivity contribution in [1.29, 1.82) is 0 Å². The van der Waals surface area contributed by atoms with Crippen LogP contribution in [0, 0.1) is 0 Å². The van der Waals surface area contributed by atoms with E-state index in [4.69, 9.17) is 0 Å². The largest absolute Gasteiger partial charge is 0 e. The van der Waals surface area contributed by atoms with Gasteiger partial charge in [-0.1, -0.05) is 0 Å². The molecule has 0 rings (SSSR count). The Morgan fingerprint density at radius 1 is 1.00 bits per heavy atom. The minimum Gasteiger partial charge on any atom is 0 e. The van der Waals surface area contributed by atoms with Gasteiger partial charge in [-0.15, -0.1) is 0 Å². The molecule has 0 spiro atoms. The molecule has 2 radical (unpaired) electrons. The third kappa shape index (κ3) is 8.82. The second kappa shape index (κ2) is 17.8. The van der Waals surface area contributed by atoms with Gasteiger partial charge in [0.1, 0.15) is 0 Å². The van der Waals surface area contributed by atoms with E-state index in [1.807, 2.05) is 0 Å². The molecular formula is FeLiMnZr. The van der Waals surface area contributed by atoms with Crippen LogP contribution in [0.5, 0.6) is 0 Å². The molecule has 4 heteroatoms. The summed E-state index contributed by atoms with van der Waals surface area (Å²) in [5.41, 5.74) is 0. The monoisotopic (exact) mass is 208 g/mol. The fraction of sp³-hybridized carbons (Fsp3) is 0. The molecule has 0 aromatic carbocycles. The Bertz CT molecular complexity index is 8.00. The molecule has 0 aromatic rings. The van der Waals surface area contributed by atoms with Gasteiger partial charge < -0.3 is 0 Å². The van der Waals surface area contributed by atoms with E-state index in [9.17, 15) is 0 Å². The zero-order valence-electron chi connectivity index (χ0n) is 2.23. The van der Waals surface area contributed by atoms with Crippen LogP contribution in [0.4, 0.5) is 0 Å². The first-order valence-electron chi connectivity index (χ1n) is 0. The van der Waals surface area contributed by atoms with Gasteiger partial charge in [0.05, 0.1) is 0 Å². The number of rotatable bonds is 0. The number of hydrogen-bond acceptors (Lipinski definition) is 0. The normalized spacial score (nSPS) is 0. The predicted molar refractivity (Wildman–Crippen MR) is 5.75 cm³/mol. The molecule has 0 aliphatic rings. The van der Waals surface area contributed by atoms with Crippen molar-refractivity contribution in [1.82, 2.24) is 0 Å². The van der Waals surface area contributed by atoms with Crippen LogP contribution in [-0.4, -0.2) is 18.9 Å². The van der Waals surface area contributed by atoms with Crippen LogP contribution in [0.2, 0.25) is 0 Å². The minimum absolute atomic E-state index is 0. The molecule has 0 fully saturated rings. The maximum absolute atomic E-state index is 0. The smallest absolute Gasteiger partial charge is 0 e. The number of hydrogen-bond donors (Lipinski definition) is 0. The molecule has 0 heterocycles. The summed E-state index contributed by atoms with van der Waals surface area (Å²) in [6.07, 6.45) is 0. The van der Waals surface area contributed by atoms with Crippen molar-refractivity contribution in [3.63, 3.8) is 0 Å². The second-order valence-corrected chi connectivity index (χ2v) is 0. The third-order valence-corrected chi connectivity index (χ3v) is 0. The van der Waals surface area contributed by atoms with Crippen LogP contribution in [0.3, 0.4) is 0 Å². The van der Waals surface area contributed by atoms with Gasteiger partial charge in [0, 0.05) is 79.2 Å². The molecule has 0 aliphatic carbocycles. The Balaban J connectivity index is 0. The Labute approximate surface area is 78.1 Å². The van der Waals surface area contributed by atoms with E-state index in [0.29, 0.717) is 0 Å². The molecular weight excluding hydrogens is 209 g/mol. The van der Waals surface area contributed by atoms with Gasteiger partial charge in [0.25, 0.3) is 0 Å². The summed E-state index contributed by atoms with van der Waals surface area (Å²) >= 11 is 0. The van der Waals surface area contributed by atoms with E-state index in [-0.39, 0.29) is 79.2 Å². The van der Waals surface area contributed by atoms with Crippen molar-refractivity contribution in [2.45, 2.75) is 0 Å². The Morgan fingerprint density at radius 3 is 1.00 bits per heavy atom. The summed E-state index contributed by atoms with van der Waals surface area (Å²) in [5, 5.41) is 0. The molecule has 0 bridgehead atoms. The van der Waals surface area contributed by atoms with E-state index in [0.717, 1.165) is 0 Å². The Kier molecular flexibility index (Phi) is 139. The van der Waals surface area contributed by atoms with E-state index in [1.54, 1.807) is 0 Å². The molecule has 0 atom stereocenters. The van der Waals surface area contributed by atoms with Crippen molar-refractivity contribution in [2.24, 2.45) is 0 Å². The van der Waals surface area contributed by atoms with Gasteiger partial charge in [-0.05, 0) is 0 Å². The van der Waals surface area contributed by atoms with Gasteiger partial charge in [-0.25, -0.2) is 0 Å². The summed E-state index contributed by atoms with van der Waals surface area (Å²) in [4.78, 5) is 0. The average Bonchev–Trinajstić information content (AvgIpc) is 0. The summed E-state index contributed by atoms with van der Waals surface area (Å²) in [5.74, 6) is 0. The van der Waals surface area contributed by atoms with E-state index in [2.05, 4.69) is 0 Å². The van der Waals surface area contributed by atoms with Crippen LogP contribution < -0.4 is 0 Å². The van der Waals surface area contributed by atoms with Crippen molar-refractivity contribution >= 4 is 18.9 Å². The van der Waals surface area contributed by atoms with E-state index >= 15 is 0 Å². The molecule has 0 unspecified atom stereocenters.